The second kappa shape index (κ2) is 7.16. The predicted molar refractivity (Wildman–Crippen MR) is 89.2 cm³/mol. The van der Waals surface area contributed by atoms with E-state index in [1.54, 1.807) is 0 Å². The summed E-state index contributed by atoms with van der Waals surface area (Å²) in [4.78, 5) is 20.4. The summed E-state index contributed by atoms with van der Waals surface area (Å²) in [6.45, 7) is 0. The van der Waals surface area contributed by atoms with Crippen LogP contribution in [0.3, 0.4) is 0 Å². The van der Waals surface area contributed by atoms with Crippen LogP contribution >= 0.6 is 23.2 Å². The van der Waals surface area contributed by atoms with E-state index in [0.717, 1.165) is 19.2 Å². The number of anilines is 2. The largest absolute Gasteiger partial charge is 0.418 e. The summed E-state index contributed by atoms with van der Waals surface area (Å²) >= 11 is 11.7. The highest BCUT2D eigenvalue weighted by atomic mass is 35.5. The molecule has 0 fully saturated rings. The van der Waals surface area contributed by atoms with E-state index in [9.17, 15) is 37.8 Å². The zero-order valence-corrected chi connectivity index (χ0v) is 14.6. The molecule has 0 bridgehead atoms. The third kappa shape index (κ3) is 4.03. The molecule has 2 aromatic carbocycles. The van der Waals surface area contributed by atoms with Crippen LogP contribution in [0.2, 0.25) is 10.0 Å². The minimum absolute atomic E-state index is 0.157. The van der Waals surface area contributed by atoms with Crippen molar-refractivity contribution in [2.45, 2.75) is 6.18 Å². The Morgan fingerprint density at radius 3 is 1.89 bits per heavy atom. The summed E-state index contributed by atoms with van der Waals surface area (Å²) < 4.78 is 53.8. The number of non-ortho nitro benzene ring substituents is 1. The van der Waals surface area contributed by atoms with E-state index < -0.39 is 54.5 Å². The van der Waals surface area contributed by atoms with Crippen LogP contribution in [0.1, 0.15) is 5.56 Å². The molecule has 0 spiro atoms. The van der Waals surface area contributed by atoms with Gasteiger partial charge in [-0.25, -0.2) is 4.39 Å². The Bertz CT molecular complexity index is 930. The monoisotopic (exact) mass is 427 g/mol. The van der Waals surface area contributed by atoms with Crippen LogP contribution in [-0.4, -0.2) is 16.9 Å². The second-order valence-electron chi connectivity index (χ2n) is 5.15. The fraction of sp³-hybridized carbons (Fsp3) is 0.143. The highest BCUT2D eigenvalue weighted by Crippen LogP contribution is 2.48. The predicted octanol–water partition coefficient (Wildman–Crippen LogP) is 5.74. The number of hydrogen-bond acceptors (Lipinski definition) is 5. The van der Waals surface area contributed by atoms with Crippen LogP contribution in [-0.2, 0) is 6.18 Å². The molecule has 13 heteroatoms. The Morgan fingerprint density at radius 1 is 0.963 bits per heavy atom. The lowest BCUT2D eigenvalue weighted by molar-refractivity contribution is -0.394. The summed E-state index contributed by atoms with van der Waals surface area (Å²) in [5, 5.41) is 21.3. The molecule has 2 rings (SSSR count). The average Bonchev–Trinajstić information content (AvgIpc) is 2.51. The van der Waals surface area contributed by atoms with Crippen molar-refractivity contribution >= 4 is 46.0 Å². The Morgan fingerprint density at radius 2 is 1.48 bits per heavy atom. The molecular weight excluding hydrogens is 421 g/mol. The van der Waals surface area contributed by atoms with Gasteiger partial charge in [0.25, 0.3) is 11.4 Å². The molecule has 0 N–H and O–H groups in total. The molecule has 7 nitrogen and oxygen atoms in total. The lowest BCUT2D eigenvalue weighted by Gasteiger charge is -2.25. The molecule has 0 aliphatic heterocycles. The van der Waals surface area contributed by atoms with Crippen LogP contribution in [0.15, 0.2) is 24.3 Å². The summed E-state index contributed by atoms with van der Waals surface area (Å²) in [7, 11) is 0.981. The van der Waals surface area contributed by atoms with E-state index in [1.807, 2.05) is 0 Å². The van der Waals surface area contributed by atoms with Gasteiger partial charge in [0.2, 0.25) is 0 Å². The number of nitro groups is 2. The number of hydrogen-bond donors (Lipinski definition) is 0. The minimum atomic E-state index is -5.18. The smallest absolute Gasteiger partial charge is 0.336 e. The first-order chi connectivity index (χ1) is 12.3. The molecule has 0 aliphatic carbocycles. The molecule has 2 aromatic rings. The first-order valence-electron chi connectivity index (χ1n) is 6.77. The lowest BCUT2D eigenvalue weighted by atomic mass is 10.1. The molecule has 27 heavy (non-hydrogen) atoms. The van der Waals surface area contributed by atoms with Gasteiger partial charge in [-0.2, -0.15) is 13.2 Å². The molecule has 0 radical (unpaired) electrons. The molecular formula is C14H7Cl2F4N3O4. The van der Waals surface area contributed by atoms with Gasteiger partial charge >= 0.3 is 6.18 Å². The summed E-state index contributed by atoms with van der Waals surface area (Å²) in [5.41, 5.74) is -5.35. The van der Waals surface area contributed by atoms with Gasteiger partial charge < -0.3 is 4.90 Å². The van der Waals surface area contributed by atoms with Crippen molar-refractivity contribution in [1.29, 1.82) is 0 Å². The highest BCUT2D eigenvalue weighted by Gasteiger charge is 2.41. The number of benzene rings is 2. The fourth-order valence-corrected chi connectivity index (χ4v) is 3.10. The maximum atomic E-state index is 13.5. The molecule has 0 aromatic heterocycles. The van der Waals surface area contributed by atoms with Crippen molar-refractivity contribution < 1.29 is 27.4 Å². The summed E-state index contributed by atoms with van der Waals surface area (Å²) in [5.74, 6) is -0.878. The Hall–Kier alpha value is -2.66. The van der Waals surface area contributed by atoms with Gasteiger partial charge in [-0.05, 0) is 12.1 Å². The maximum Gasteiger partial charge on any atom is 0.418 e. The SMILES string of the molecule is CN(c1c(Cl)cc(F)cc1Cl)c1c([N+](=O)[O-])cc([N+](=O)[O-])cc1C(F)(F)F. The Kier molecular flexibility index (Phi) is 5.47. The zero-order valence-electron chi connectivity index (χ0n) is 13.1. The van der Waals surface area contributed by atoms with Gasteiger partial charge in [0.1, 0.15) is 11.5 Å². The lowest BCUT2D eigenvalue weighted by Crippen LogP contribution is -2.19. The van der Waals surface area contributed by atoms with Crippen molar-refractivity contribution in [1.82, 2.24) is 0 Å². The third-order valence-electron chi connectivity index (χ3n) is 3.44. The number of alkyl halides is 3. The van der Waals surface area contributed by atoms with E-state index >= 15 is 0 Å². The molecule has 0 unspecified atom stereocenters. The van der Waals surface area contributed by atoms with Gasteiger partial charge in [-0.15, -0.1) is 0 Å². The van der Waals surface area contributed by atoms with Crippen molar-refractivity contribution in [3.63, 3.8) is 0 Å². The normalized spacial score (nSPS) is 11.4. The van der Waals surface area contributed by atoms with Gasteiger partial charge in [0.05, 0.1) is 37.2 Å². The van der Waals surface area contributed by atoms with Crippen LogP contribution in [0.5, 0.6) is 0 Å². The van der Waals surface area contributed by atoms with Crippen LogP contribution < -0.4 is 4.90 Å². The van der Waals surface area contributed by atoms with Crippen LogP contribution in [0.4, 0.5) is 40.3 Å². The Balaban J connectivity index is 2.90. The summed E-state index contributed by atoms with van der Waals surface area (Å²) in [6, 6.07) is 2.05. The van der Waals surface area contributed by atoms with E-state index in [1.165, 1.54) is 0 Å². The molecule has 0 heterocycles. The van der Waals surface area contributed by atoms with E-state index in [2.05, 4.69) is 0 Å². The first-order valence-corrected chi connectivity index (χ1v) is 7.52. The Labute approximate surface area is 158 Å². The zero-order chi connectivity index (χ0) is 20.7. The first kappa shape index (κ1) is 20.6. The van der Waals surface area contributed by atoms with E-state index in [0.29, 0.717) is 11.0 Å². The fourth-order valence-electron chi connectivity index (χ4n) is 2.38. The molecule has 144 valence electrons. The maximum absolute atomic E-state index is 13.5. The standard InChI is InChI=1S/C14H7Cl2F4N3O4/c1-21(13-9(15)2-6(17)3-10(13)16)12-8(14(18,19)20)4-7(22(24)25)5-11(12)23(26)27/h2-5H,1H3. The van der Waals surface area contributed by atoms with Gasteiger partial charge in [0, 0.05) is 13.1 Å². The third-order valence-corrected chi connectivity index (χ3v) is 4.02. The summed E-state index contributed by atoms with van der Waals surface area (Å²) in [6.07, 6.45) is -5.18. The van der Waals surface area contributed by atoms with Crippen molar-refractivity contribution in [2.75, 3.05) is 11.9 Å². The van der Waals surface area contributed by atoms with E-state index in [-0.39, 0.29) is 11.8 Å². The van der Waals surface area contributed by atoms with Crippen LogP contribution in [0, 0.1) is 26.0 Å². The molecule has 0 saturated heterocycles. The van der Waals surface area contributed by atoms with E-state index in [4.69, 9.17) is 23.2 Å². The van der Waals surface area contributed by atoms with Crippen molar-refractivity contribution in [2.24, 2.45) is 0 Å². The average molecular weight is 428 g/mol. The van der Waals surface area contributed by atoms with Crippen molar-refractivity contribution in [3.8, 4) is 0 Å². The molecule has 0 amide bonds. The molecule has 0 saturated carbocycles. The number of nitro benzene ring substituents is 2. The van der Waals surface area contributed by atoms with Gasteiger partial charge in [-0.1, -0.05) is 23.2 Å². The molecule has 0 atom stereocenters. The quantitative estimate of drug-likeness (QED) is 0.352. The second-order valence-corrected chi connectivity index (χ2v) is 5.96. The molecule has 0 aliphatic rings. The number of rotatable bonds is 4. The van der Waals surface area contributed by atoms with Crippen molar-refractivity contribution in [3.05, 3.63) is 65.9 Å². The van der Waals surface area contributed by atoms with Gasteiger partial charge in [-0.3, -0.25) is 20.2 Å². The van der Waals surface area contributed by atoms with Gasteiger partial charge in [0.15, 0.2) is 0 Å². The topological polar surface area (TPSA) is 89.5 Å². The number of nitrogens with zero attached hydrogens (tertiary/aromatic N) is 3. The van der Waals surface area contributed by atoms with Crippen LogP contribution in [0.25, 0.3) is 0 Å². The minimum Gasteiger partial charge on any atom is -0.336 e. The number of halogens is 6. The highest BCUT2D eigenvalue weighted by molar-refractivity contribution is 6.39.